The molecular formula is C13H13ClN2O2. The molecular weight excluding hydrogens is 252 g/mol. The highest BCUT2D eigenvalue weighted by atomic mass is 35.5. The van der Waals surface area contributed by atoms with E-state index in [1.54, 1.807) is 29.1 Å². The Morgan fingerprint density at radius 3 is 3.17 bits per heavy atom. The first-order chi connectivity index (χ1) is 8.74. The minimum absolute atomic E-state index is 0.0574. The summed E-state index contributed by atoms with van der Waals surface area (Å²) in [5, 5.41) is 1.11. The summed E-state index contributed by atoms with van der Waals surface area (Å²) in [6.45, 7) is 1.35. The van der Waals surface area contributed by atoms with Crippen molar-refractivity contribution < 1.29 is 4.74 Å². The van der Waals surface area contributed by atoms with Gasteiger partial charge in [-0.1, -0.05) is 11.6 Å². The van der Waals surface area contributed by atoms with E-state index in [1.807, 2.05) is 0 Å². The molecule has 0 unspecified atom stereocenters. The van der Waals surface area contributed by atoms with Crippen LogP contribution in [0, 0.1) is 0 Å². The van der Waals surface area contributed by atoms with Gasteiger partial charge in [-0.3, -0.25) is 9.36 Å². The summed E-state index contributed by atoms with van der Waals surface area (Å²) in [5.74, 6) is 0. The quantitative estimate of drug-likeness (QED) is 0.835. The SMILES string of the molecule is O=c1c2cc(Cl)ccc2ncn1C[C@@H]1CCCO1. The van der Waals surface area contributed by atoms with Crippen LogP contribution in [0.4, 0.5) is 0 Å². The van der Waals surface area contributed by atoms with Gasteiger partial charge >= 0.3 is 0 Å². The van der Waals surface area contributed by atoms with Gasteiger partial charge in [0.2, 0.25) is 0 Å². The van der Waals surface area contributed by atoms with Crippen LogP contribution in [-0.2, 0) is 11.3 Å². The van der Waals surface area contributed by atoms with Crippen LogP contribution in [0.2, 0.25) is 5.02 Å². The zero-order valence-electron chi connectivity index (χ0n) is 9.80. The summed E-state index contributed by atoms with van der Waals surface area (Å²) in [5.41, 5.74) is 0.617. The van der Waals surface area contributed by atoms with Crippen LogP contribution in [-0.4, -0.2) is 22.3 Å². The first kappa shape index (κ1) is 11.7. The fourth-order valence-corrected chi connectivity index (χ4v) is 2.44. The molecule has 0 radical (unpaired) electrons. The van der Waals surface area contributed by atoms with Crippen LogP contribution in [0.15, 0.2) is 29.3 Å². The molecule has 0 spiro atoms. The maximum Gasteiger partial charge on any atom is 0.261 e. The van der Waals surface area contributed by atoms with Gasteiger partial charge in [-0.05, 0) is 31.0 Å². The van der Waals surface area contributed by atoms with Gasteiger partial charge in [-0.2, -0.15) is 0 Å². The lowest BCUT2D eigenvalue weighted by Crippen LogP contribution is -2.26. The Balaban J connectivity index is 2.02. The number of rotatable bonds is 2. The molecule has 0 aliphatic carbocycles. The lowest BCUT2D eigenvalue weighted by atomic mass is 10.2. The third-order valence-electron chi connectivity index (χ3n) is 3.21. The second-order valence-corrected chi connectivity index (χ2v) is 4.94. The number of hydrogen-bond acceptors (Lipinski definition) is 3. The maximum atomic E-state index is 12.3. The number of nitrogens with zero attached hydrogens (tertiary/aromatic N) is 2. The molecule has 2 heterocycles. The van der Waals surface area contributed by atoms with Crippen LogP contribution in [0.25, 0.3) is 10.9 Å². The van der Waals surface area contributed by atoms with E-state index < -0.39 is 0 Å². The Bertz CT molecular complexity index is 632. The lowest BCUT2D eigenvalue weighted by Gasteiger charge is -2.11. The van der Waals surface area contributed by atoms with Gasteiger partial charge in [-0.25, -0.2) is 4.98 Å². The highest BCUT2D eigenvalue weighted by molar-refractivity contribution is 6.31. The van der Waals surface area contributed by atoms with Crippen molar-refractivity contribution in [1.82, 2.24) is 9.55 Å². The number of hydrogen-bond donors (Lipinski definition) is 0. The molecule has 0 bridgehead atoms. The van der Waals surface area contributed by atoms with E-state index in [1.165, 1.54) is 0 Å². The van der Waals surface area contributed by atoms with E-state index in [-0.39, 0.29) is 11.7 Å². The van der Waals surface area contributed by atoms with Gasteiger partial charge in [0.25, 0.3) is 5.56 Å². The number of aromatic nitrogens is 2. The van der Waals surface area contributed by atoms with Crippen molar-refractivity contribution in [2.45, 2.75) is 25.5 Å². The summed E-state index contributed by atoms with van der Waals surface area (Å²) in [6, 6.07) is 5.16. The standard InChI is InChI=1S/C13H13ClN2O2/c14-9-3-4-12-11(6-9)13(17)16(8-15-12)7-10-2-1-5-18-10/h3-4,6,8,10H,1-2,5,7H2/t10-/m0/s1. The molecule has 0 N–H and O–H groups in total. The fraction of sp³-hybridized carbons (Fsp3) is 0.385. The molecule has 1 aromatic carbocycles. The molecule has 1 aromatic heterocycles. The van der Waals surface area contributed by atoms with E-state index >= 15 is 0 Å². The van der Waals surface area contributed by atoms with E-state index in [0.717, 1.165) is 19.4 Å². The largest absolute Gasteiger partial charge is 0.376 e. The van der Waals surface area contributed by atoms with E-state index in [9.17, 15) is 4.79 Å². The fourth-order valence-electron chi connectivity index (χ4n) is 2.27. The number of fused-ring (bicyclic) bond motifs is 1. The Hall–Kier alpha value is -1.39. The molecule has 1 fully saturated rings. The zero-order valence-corrected chi connectivity index (χ0v) is 10.6. The summed E-state index contributed by atoms with van der Waals surface area (Å²) in [6.07, 6.45) is 3.77. The van der Waals surface area contributed by atoms with Crippen LogP contribution in [0.3, 0.4) is 0 Å². The third kappa shape index (κ3) is 2.13. The molecule has 2 aromatic rings. The monoisotopic (exact) mass is 264 g/mol. The predicted octanol–water partition coefficient (Wildman–Crippen LogP) is 2.23. The molecule has 1 atom stereocenters. The molecule has 1 saturated heterocycles. The Morgan fingerprint density at radius 1 is 1.50 bits per heavy atom. The minimum Gasteiger partial charge on any atom is -0.376 e. The van der Waals surface area contributed by atoms with Crippen molar-refractivity contribution in [2.75, 3.05) is 6.61 Å². The van der Waals surface area contributed by atoms with Gasteiger partial charge in [0.15, 0.2) is 0 Å². The molecule has 5 heteroatoms. The Morgan fingerprint density at radius 2 is 2.39 bits per heavy atom. The van der Waals surface area contributed by atoms with Gasteiger partial charge in [0.1, 0.15) is 0 Å². The van der Waals surface area contributed by atoms with Crippen molar-refractivity contribution in [3.8, 4) is 0 Å². The average Bonchev–Trinajstić information content (AvgIpc) is 2.86. The first-order valence-corrected chi connectivity index (χ1v) is 6.38. The third-order valence-corrected chi connectivity index (χ3v) is 3.45. The normalized spacial score (nSPS) is 19.5. The summed E-state index contributed by atoms with van der Waals surface area (Å²) >= 11 is 5.91. The molecule has 1 aliphatic rings. The smallest absolute Gasteiger partial charge is 0.261 e. The zero-order chi connectivity index (χ0) is 12.5. The molecule has 94 valence electrons. The summed E-state index contributed by atoms with van der Waals surface area (Å²) in [7, 11) is 0. The summed E-state index contributed by atoms with van der Waals surface area (Å²) < 4.78 is 7.14. The van der Waals surface area contributed by atoms with Crippen molar-refractivity contribution >= 4 is 22.5 Å². The van der Waals surface area contributed by atoms with Crippen LogP contribution in [0.5, 0.6) is 0 Å². The molecule has 0 amide bonds. The molecule has 18 heavy (non-hydrogen) atoms. The van der Waals surface area contributed by atoms with Crippen molar-refractivity contribution in [2.24, 2.45) is 0 Å². The highest BCUT2D eigenvalue weighted by Crippen LogP contribution is 2.16. The van der Waals surface area contributed by atoms with Crippen molar-refractivity contribution in [3.05, 3.63) is 39.9 Å². The van der Waals surface area contributed by atoms with Crippen LogP contribution >= 0.6 is 11.6 Å². The average molecular weight is 265 g/mol. The van der Waals surface area contributed by atoms with Gasteiger partial charge in [0, 0.05) is 11.6 Å². The topological polar surface area (TPSA) is 44.1 Å². The van der Waals surface area contributed by atoms with E-state index in [2.05, 4.69) is 4.98 Å². The molecule has 4 nitrogen and oxygen atoms in total. The highest BCUT2D eigenvalue weighted by Gasteiger charge is 2.17. The minimum atomic E-state index is -0.0574. The van der Waals surface area contributed by atoms with Crippen LogP contribution < -0.4 is 5.56 Å². The summed E-state index contributed by atoms with van der Waals surface area (Å²) in [4.78, 5) is 16.6. The van der Waals surface area contributed by atoms with E-state index in [4.69, 9.17) is 16.3 Å². The molecule has 0 saturated carbocycles. The number of ether oxygens (including phenoxy) is 1. The van der Waals surface area contributed by atoms with Gasteiger partial charge < -0.3 is 4.74 Å². The maximum absolute atomic E-state index is 12.3. The number of halogens is 1. The molecule has 1 aliphatic heterocycles. The van der Waals surface area contributed by atoms with Crippen molar-refractivity contribution in [3.63, 3.8) is 0 Å². The Labute approximate surface area is 109 Å². The molecule has 3 rings (SSSR count). The van der Waals surface area contributed by atoms with Gasteiger partial charge in [0.05, 0.1) is 29.9 Å². The number of benzene rings is 1. The van der Waals surface area contributed by atoms with Gasteiger partial charge in [-0.15, -0.1) is 0 Å². The second kappa shape index (κ2) is 4.71. The first-order valence-electron chi connectivity index (χ1n) is 6.00. The predicted molar refractivity (Wildman–Crippen MR) is 70.0 cm³/mol. The lowest BCUT2D eigenvalue weighted by molar-refractivity contribution is 0.0960. The second-order valence-electron chi connectivity index (χ2n) is 4.50. The Kier molecular flexibility index (Phi) is 3.06. The van der Waals surface area contributed by atoms with E-state index in [0.29, 0.717) is 22.5 Å². The van der Waals surface area contributed by atoms with Crippen molar-refractivity contribution in [1.29, 1.82) is 0 Å². The van der Waals surface area contributed by atoms with Crippen LogP contribution in [0.1, 0.15) is 12.8 Å².